The summed E-state index contributed by atoms with van der Waals surface area (Å²) < 4.78 is 5.11. The lowest BCUT2D eigenvalue weighted by atomic mass is 9.92. The molecule has 0 aromatic heterocycles. The van der Waals surface area contributed by atoms with Crippen LogP contribution < -0.4 is 16.4 Å². The van der Waals surface area contributed by atoms with Crippen LogP contribution in [0.1, 0.15) is 6.92 Å². The lowest BCUT2D eigenvalue weighted by Gasteiger charge is -2.40. The summed E-state index contributed by atoms with van der Waals surface area (Å²) in [6.07, 6.45) is -4.09. The molecule has 1 aliphatic heterocycles. The van der Waals surface area contributed by atoms with E-state index in [9.17, 15) is 29.9 Å². The molecule has 0 aromatic rings. The van der Waals surface area contributed by atoms with Gasteiger partial charge in [-0.25, -0.2) is 14.9 Å². The minimum absolute atomic E-state index is 0.613. The second-order valence-electron chi connectivity index (χ2n) is 5.28. The number of nitrogens with one attached hydrogen (secondary N) is 2. The van der Waals surface area contributed by atoms with Crippen molar-refractivity contribution in [1.82, 2.24) is 10.6 Å². The van der Waals surface area contributed by atoms with Gasteiger partial charge in [0.2, 0.25) is 11.7 Å². The maximum Gasteiger partial charge on any atom is 0.370 e. The number of rotatable bonds is 7. The molecule has 1 amide bonds. The van der Waals surface area contributed by atoms with Gasteiger partial charge >= 0.3 is 5.97 Å². The van der Waals surface area contributed by atoms with E-state index in [1.807, 2.05) is 0 Å². The number of hydrogen-bond acceptors (Lipinski definition) is 8. The predicted molar refractivity (Wildman–Crippen MR) is 82.8 cm³/mol. The Morgan fingerprint density at radius 3 is 2.54 bits per heavy atom. The highest BCUT2D eigenvalue weighted by molar-refractivity contribution is 5.85. The molecule has 0 aromatic carbocycles. The first-order chi connectivity index (χ1) is 12.1. The fourth-order valence-electron chi connectivity index (χ4n) is 2.29. The number of hydrazone groups is 1. The Morgan fingerprint density at radius 2 is 2.08 bits per heavy atom. The molecular weight excluding hydrogens is 358 g/mol. The molecule has 14 heteroatoms. The Morgan fingerprint density at radius 1 is 1.46 bits per heavy atom. The van der Waals surface area contributed by atoms with Gasteiger partial charge < -0.3 is 41.5 Å². The molecule has 0 bridgehead atoms. The van der Waals surface area contributed by atoms with E-state index in [0.29, 0.717) is 0 Å². The molecule has 0 fully saturated rings. The molecule has 0 spiro atoms. The second kappa shape index (κ2) is 8.93. The highest BCUT2D eigenvalue weighted by Crippen LogP contribution is 2.23. The molecular formula is C12H19N5O9. The molecule has 5 atom stereocenters. The van der Waals surface area contributed by atoms with E-state index >= 15 is 0 Å². The van der Waals surface area contributed by atoms with Crippen LogP contribution in [0.5, 0.6) is 0 Å². The molecule has 0 saturated carbocycles. The summed E-state index contributed by atoms with van der Waals surface area (Å²) in [4.78, 5) is 33.1. The third-order valence-electron chi connectivity index (χ3n) is 3.34. The molecule has 1 aliphatic rings. The lowest BCUT2D eigenvalue weighted by Crippen LogP contribution is -2.64. The van der Waals surface area contributed by atoms with E-state index in [2.05, 4.69) is 15.7 Å². The zero-order valence-corrected chi connectivity index (χ0v) is 13.5. The number of aliphatic hydroxyl groups excluding tert-OH is 3. The third-order valence-corrected chi connectivity index (χ3v) is 3.34. The van der Waals surface area contributed by atoms with E-state index in [1.54, 1.807) is 0 Å². The number of aliphatic carboxylic acids is 1. The molecule has 14 nitrogen and oxygen atoms in total. The molecule has 26 heavy (non-hydrogen) atoms. The van der Waals surface area contributed by atoms with Gasteiger partial charge in [-0.15, -0.1) is 0 Å². The van der Waals surface area contributed by atoms with Crippen molar-refractivity contribution < 1.29 is 39.8 Å². The number of carboxylic acid groups (broad SMARTS) is 1. The maximum absolute atomic E-state index is 11.4. The van der Waals surface area contributed by atoms with Gasteiger partial charge in [0.1, 0.15) is 23.4 Å². The predicted octanol–water partition coefficient (Wildman–Crippen LogP) is -3.96. The first kappa shape index (κ1) is 21.1. The second-order valence-corrected chi connectivity index (χ2v) is 5.28. The number of ether oxygens (including phenoxy) is 1. The topological polar surface area (TPSA) is 230 Å². The van der Waals surface area contributed by atoms with Crippen molar-refractivity contribution in [2.45, 2.75) is 37.3 Å². The monoisotopic (exact) mass is 377 g/mol. The van der Waals surface area contributed by atoms with Crippen LogP contribution in [0.15, 0.2) is 16.9 Å². The van der Waals surface area contributed by atoms with Crippen LogP contribution in [-0.4, -0.2) is 80.3 Å². The van der Waals surface area contributed by atoms with Crippen molar-refractivity contribution in [1.29, 1.82) is 0 Å². The first-order valence-corrected chi connectivity index (χ1v) is 7.17. The maximum atomic E-state index is 11.4. The van der Waals surface area contributed by atoms with Gasteiger partial charge in [-0.3, -0.25) is 4.79 Å². The van der Waals surface area contributed by atoms with Crippen molar-refractivity contribution in [2.24, 2.45) is 10.8 Å². The first-order valence-electron chi connectivity index (χ1n) is 7.17. The smallest absolute Gasteiger partial charge is 0.370 e. The summed E-state index contributed by atoms with van der Waals surface area (Å²) in [5.74, 6) is -3.53. The van der Waals surface area contributed by atoms with Crippen molar-refractivity contribution >= 4 is 17.8 Å². The summed E-state index contributed by atoms with van der Waals surface area (Å²) in [5.41, 5.74) is 5.34. The number of nitro groups is 1. The number of guanidine groups is 1. The summed E-state index contributed by atoms with van der Waals surface area (Å²) in [7, 11) is 0. The Balaban J connectivity index is 3.29. The van der Waals surface area contributed by atoms with Crippen molar-refractivity contribution in [2.75, 3.05) is 6.61 Å². The van der Waals surface area contributed by atoms with Crippen LogP contribution in [0.2, 0.25) is 0 Å². The highest BCUT2D eigenvalue weighted by Gasteiger charge is 2.43. The summed E-state index contributed by atoms with van der Waals surface area (Å²) in [6, 6.07) is -2.42. The normalized spacial score (nSPS) is 25.3. The Hall–Kier alpha value is -2.97. The number of hydrogen-bond donors (Lipinski definition) is 7. The third kappa shape index (κ3) is 5.54. The van der Waals surface area contributed by atoms with Crippen LogP contribution in [0, 0.1) is 10.1 Å². The Labute approximate surface area is 146 Å². The fraction of sp³-hybridized carbons (Fsp3) is 0.583. The molecule has 0 aliphatic carbocycles. The molecule has 1 heterocycles. The van der Waals surface area contributed by atoms with Crippen LogP contribution >= 0.6 is 0 Å². The summed E-state index contributed by atoms with van der Waals surface area (Å²) in [6.45, 7) is 0.247. The van der Waals surface area contributed by atoms with Crippen LogP contribution in [0.4, 0.5) is 0 Å². The average molecular weight is 377 g/mol. The summed E-state index contributed by atoms with van der Waals surface area (Å²) in [5, 5.41) is 54.6. The molecule has 0 saturated heterocycles. The average Bonchev–Trinajstić information content (AvgIpc) is 2.53. The minimum atomic E-state index is -1.81. The quantitative estimate of drug-likeness (QED) is 0.0978. The van der Waals surface area contributed by atoms with Crippen LogP contribution in [0.3, 0.4) is 0 Å². The van der Waals surface area contributed by atoms with E-state index in [0.717, 1.165) is 13.0 Å². The van der Waals surface area contributed by atoms with Gasteiger partial charge in [0.15, 0.2) is 5.03 Å². The van der Waals surface area contributed by atoms with Gasteiger partial charge in [-0.2, -0.15) is 0 Å². The van der Waals surface area contributed by atoms with Crippen molar-refractivity contribution in [3.8, 4) is 0 Å². The minimum Gasteiger partial charge on any atom is -0.478 e. The number of nitrogens with zero attached hydrogens (tertiary/aromatic N) is 2. The zero-order chi connectivity index (χ0) is 20.0. The molecule has 0 radical (unpaired) electrons. The fourth-order valence-corrected chi connectivity index (χ4v) is 2.29. The number of carboxylic acids is 1. The number of amides is 1. The van der Waals surface area contributed by atoms with Gasteiger partial charge in [-0.05, 0) is 6.08 Å². The van der Waals surface area contributed by atoms with Crippen molar-refractivity contribution in [3.05, 3.63) is 21.9 Å². The van der Waals surface area contributed by atoms with E-state index < -0.39 is 65.6 Å². The largest absolute Gasteiger partial charge is 0.478 e. The zero-order valence-electron chi connectivity index (χ0n) is 13.5. The van der Waals surface area contributed by atoms with Gasteiger partial charge in [0, 0.05) is 6.92 Å². The standard InChI is InChI=1S/C12H19N5O9/c1-4(19)14-8-5(15-12(13)16-17(24)25)2-7(11(22)23)26-10(8)9(21)6(20)3-18/h2,5-6,8-10,18,20-21H,3H2,1H3,(H,14,19)(H,22,23)(H3,13,15,16)/t5-,6+,8+,9+,10+/m0/s1. The van der Waals surface area contributed by atoms with E-state index in [1.165, 1.54) is 0 Å². The number of aliphatic hydroxyl groups is 3. The van der Waals surface area contributed by atoms with Crippen LogP contribution in [0.25, 0.3) is 0 Å². The lowest BCUT2D eigenvalue weighted by molar-refractivity contribution is -0.485. The number of carbonyl (C=O) groups excluding carboxylic acids is 1. The highest BCUT2D eigenvalue weighted by atomic mass is 16.7. The van der Waals surface area contributed by atoms with Crippen molar-refractivity contribution in [3.63, 3.8) is 0 Å². The van der Waals surface area contributed by atoms with Gasteiger partial charge in [-0.1, -0.05) is 0 Å². The van der Waals surface area contributed by atoms with E-state index in [4.69, 9.17) is 20.7 Å². The number of carbonyl (C=O) groups is 2. The number of nitrogens with two attached hydrogens (primary N) is 1. The Kier molecular flexibility index (Phi) is 7.24. The molecule has 1 rings (SSSR count). The SMILES string of the molecule is CC(=O)N[C@H]1[C@H]([C@H](O)[C@H](O)CO)OC(C(=O)O)=C[C@@H]1N/C(N)=N\[N+](=O)[O-]. The van der Waals surface area contributed by atoms with Gasteiger partial charge in [0.25, 0.3) is 5.96 Å². The molecule has 0 unspecified atom stereocenters. The Bertz CT molecular complexity index is 622. The van der Waals surface area contributed by atoms with Crippen LogP contribution in [-0.2, 0) is 14.3 Å². The van der Waals surface area contributed by atoms with Gasteiger partial charge in [0.05, 0.1) is 18.7 Å². The molecule has 8 N–H and O–H groups in total. The molecule has 146 valence electrons. The summed E-state index contributed by atoms with van der Waals surface area (Å²) >= 11 is 0. The van der Waals surface area contributed by atoms with E-state index in [-0.39, 0.29) is 0 Å².